The molecule has 0 saturated carbocycles. The number of rotatable bonds is 6. The molecular weight excluding hydrogens is 352 g/mol. The Morgan fingerprint density at radius 1 is 1.31 bits per heavy atom. The molecule has 0 bridgehead atoms. The number of thioether (sulfide) groups is 1. The molecule has 26 heavy (non-hydrogen) atoms. The highest BCUT2D eigenvalue weighted by atomic mass is 32.2. The Kier molecular flexibility index (Phi) is 5.23. The smallest absolute Gasteiger partial charge is 0.262 e. The van der Waals surface area contributed by atoms with Crippen LogP contribution in [0.25, 0.3) is 16.7 Å². The average molecular weight is 374 g/mol. The van der Waals surface area contributed by atoms with E-state index >= 15 is 0 Å². The Bertz CT molecular complexity index is 962. The first-order chi connectivity index (χ1) is 12.8. The van der Waals surface area contributed by atoms with Crippen LogP contribution in [0.3, 0.4) is 0 Å². The van der Waals surface area contributed by atoms with Crippen LogP contribution in [0.4, 0.5) is 0 Å². The molecule has 4 rings (SSSR count). The summed E-state index contributed by atoms with van der Waals surface area (Å²) < 4.78 is 14.6. The summed E-state index contributed by atoms with van der Waals surface area (Å²) in [6.45, 7) is 3.84. The van der Waals surface area contributed by atoms with Gasteiger partial charge < -0.3 is 9.47 Å². The summed E-state index contributed by atoms with van der Waals surface area (Å²) in [6.07, 6.45) is 2.98. The zero-order valence-electron chi connectivity index (χ0n) is 14.8. The average Bonchev–Trinajstić information content (AvgIpc) is 3.11. The molecule has 3 heterocycles. The molecule has 0 radical (unpaired) electrons. The fraction of sp³-hybridized carbons (Fsp3) is 0.500. The highest BCUT2D eigenvalue weighted by Crippen LogP contribution is 2.24. The molecule has 0 amide bonds. The fourth-order valence-electron chi connectivity index (χ4n) is 3.15. The maximum absolute atomic E-state index is 12.9. The Labute approximate surface area is 155 Å². The number of unbranched alkanes of at least 4 members (excludes halogenated alkanes) is 1. The Hall–Kier alpha value is -1.90. The van der Waals surface area contributed by atoms with Crippen molar-refractivity contribution in [1.29, 1.82) is 0 Å². The summed E-state index contributed by atoms with van der Waals surface area (Å²) >= 11 is 1.61. The van der Waals surface area contributed by atoms with Crippen molar-refractivity contribution in [1.82, 2.24) is 19.2 Å². The van der Waals surface area contributed by atoms with E-state index in [9.17, 15) is 4.79 Å². The van der Waals surface area contributed by atoms with E-state index in [4.69, 9.17) is 9.47 Å². The highest BCUT2D eigenvalue weighted by Gasteiger charge is 2.19. The number of hydrogen-bond acceptors (Lipinski definition) is 6. The molecule has 2 aromatic heterocycles. The largest absolute Gasteiger partial charge is 0.355 e. The number of ether oxygens (including phenoxy) is 2. The van der Waals surface area contributed by atoms with Crippen molar-refractivity contribution in [3.63, 3.8) is 0 Å². The van der Waals surface area contributed by atoms with Crippen LogP contribution in [0.15, 0.2) is 34.2 Å². The van der Waals surface area contributed by atoms with Crippen molar-refractivity contribution in [2.24, 2.45) is 0 Å². The summed E-state index contributed by atoms with van der Waals surface area (Å²) in [4.78, 5) is 12.9. The van der Waals surface area contributed by atoms with Crippen LogP contribution < -0.4 is 5.56 Å². The van der Waals surface area contributed by atoms with Crippen molar-refractivity contribution in [3.05, 3.63) is 34.6 Å². The second-order valence-electron chi connectivity index (χ2n) is 6.36. The van der Waals surface area contributed by atoms with Crippen molar-refractivity contribution >= 4 is 28.4 Å². The minimum Gasteiger partial charge on any atom is -0.355 e. The summed E-state index contributed by atoms with van der Waals surface area (Å²) in [5.41, 5.74) is 0.846. The van der Waals surface area contributed by atoms with Gasteiger partial charge in [-0.05, 0) is 25.0 Å². The lowest BCUT2D eigenvalue weighted by Crippen LogP contribution is -2.26. The van der Waals surface area contributed by atoms with Crippen molar-refractivity contribution in [2.75, 3.05) is 19.2 Å². The predicted molar refractivity (Wildman–Crippen MR) is 101 cm³/mol. The van der Waals surface area contributed by atoms with Gasteiger partial charge in [0.15, 0.2) is 5.16 Å². The molecule has 1 saturated heterocycles. The molecular formula is C18H22N4O3S. The van der Waals surface area contributed by atoms with E-state index in [1.54, 1.807) is 16.3 Å². The monoisotopic (exact) mass is 374 g/mol. The molecule has 1 aliphatic heterocycles. The molecule has 0 N–H and O–H groups in total. The summed E-state index contributed by atoms with van der Waals surface area (Å²) in [5, 5.41) is 10.2. The molecule has 138 valence electrons. The lowest BCUT2D eigenvalue weighted by atomic mass is 10.2. The molecule has 1 fully saturated rings. The second kappa shape index (κ2) is 7.77. The minimum atomic E-state index is -0.00161. The molecule has 1 aromatic carbocycles. The molecule has 7 nitrogen and oxygen atoms in total. The van der Waals surface area contributed by atoms with E-state index < -0.39 is 0 Å². The van der Waals surface area contributed by atoms with Crippen LogP contribution in [0, 0.1) is 0 Å². The van der Waals surface area contributed by atoms with Gasteiger partial charge in [0.1, 0.15) is 6.79 Å². The maximum Gasteiger partial charge on any atom is 0.262 e. The van der Waals surface area contributed by atoms with Gasteiger partial charge in [-0.2, -0.15) is 0 Å². The van der Waals surface area contributed by atoms with E-state index in [1.165, 1.54) is 0 Å². The van der Waals surface area contributed by atoms with Crippen LogP contribution >= 0.6 is 11.8 Å². The lowest BCUT2D eigenvalue weighted by molar-refractivity contribution is -0.130. The van der Waals surface area contributed by atoms with Gasteiger partial charge in [0.2, 0.25) is 5.78 Å². The number of para-hydroxylation sites is 1. The molecule has 0 spiro atoms. The SMILES string of the molecule is CCCCn1c(=O)c2ccccc2n2c(SC[C@H]3CCOCO3)nnc12. The highest BCUT2D eigenvalue weighted by molar-refractivity contribution is 7.99. The molecule has 8 heteroatoms. The number of nitrogens with zero attached hydrogens (tertiary/aromatic N) is 4. The molecule has 0 aliphatic carbocycles. The van der Waals surface area contributed by atoms with E-state index in [1.807, 2.05) is 28.7 Å². The number of aryl methyl sites for hydroxylation is 1. The molecule has 3 aromatic rings. The van der Waals surface area contributed by atoms with Crippen LogP contribution in [0.5, 0.6) is 0 Å². The number of hydrogen-bond donors (Lipinski definition) is 0. The maximum atomic E-state index is 12.9. The predicted octanol–water partition coefficient (Wildman–Crippen LogP) is 2.70. The van der Waals surface area contributed by atoms with Crippen molar-refractivity contribution in [2.45, 2.75) is 44.0 Å². The van der Waals surface area contributed by atoms with Crippen molar-refractivity contribution < 1.29 is 9.47 Å². The zero-order valence-corrected chi connectivity index (χ0v) is 15.6. The van der Waals surface area contributed by atoms with E-state index in [0.717, 1.165) is 42.3 Å². The van der Waals surface area contributed by atoms with Crippen LogP contribution in [-0.4, -0.2) is 44.4 Å². The third-order valence-electron chi connectivity index (χ3n) is 4.58. The third kappa shape index (κ3) is 3.24. The number of benzene rings is 1. The lowest BCUT2D eigenvalue weighted by Gasteiger charge is -2.21. The quantitative estimate of drug-likeness (QED) is 0.618. The fourth-order valence-corrected chi connectivity index (χ4v) is 4.15. The van der Waals surface area contributed by atoms with Gasteiger partial charge in [0.05, 0.1) is 23.6 Å². The number of aromatic nitrogens is 4. The normalized spacial score (nSPS) is 18.0. The summed E-state index contributed by atoms with van der Waals surface area (Å²) in [7, 11) is 0. The van der Waals surface area contributed by atoms with Crippen LogP contribution in [-0.2, 0) is 16.0 Å². The van der Waals surface area contributed by atoms with Gasteiger partial charge in [-0.1, -0.05) is 37.2 Å². The minimum absolute atomic E-state index is 0.00161. The van der Waals surface area contributed by atoms with Gasteiger partial charge in [-0.25, -0.2) is 0 Å². The molecule has 0 unspecified atom stereocenters. The Morgan fingerprint density at radius 3 is 3.00 bits per heavy atom. The van der Waals surface area contributed by atoms with E-state index in [0.29, 0.717) is 24.5 Å². The van der Waals surface area contributed by atoms with E-state index in [-0.39, 0.29) is 11.7 Å². The van der Waals surface area contributed by atoms with E-state index in [2.05, 4.69) is 17.1 Å². The first-order valence-corrected chi connectivity index (χ1v) is 9.97. The molecule has 1 atom stereocenters. The van der Waals surface area contributed by atoms with Gasteiger partial charge in [-0.3, -0.25) is 13.8 Å². The van der Waals surface area contributed by atoms with Crippen LogP contribution in [0.2, 0.25) is 0 Å². The first kappa shape index (κ1) is 17.5. The number of fused-ring (bicyclic) bond motifs is 3. The first-order valence-electron chi connectivity index (χ1n) is 8.98. The second-order valence-corrected chi connectivity index (χ2v) is 7.35. The summed E-state index contributed by atoms with van der Waals surface area (Å²) in [5.74, 6) is 1.39. The zero-order chi connectivity index (χ0) is 17.9. The van der Waals surface area contributed by atoms with Gasteiger partial charge in [0.25, 0.3) is 5.56 Å². The van der Waals surface area contributed by atoms with Crippen molar-refractivity contribution in [3.8, 4) is 0 Å². The Morgan fingerprint density at radius 2 is 2.19 bits per heavy atom. The standard InChI is InChI=1S/C18H22N4O3S/c1-2-3-9-21-16(23)14-6-4-5-7-15(14)22-17(21)19-20-18(22)26-11-13-8-10-24-12-25-13/h4-7,13H,2-3,8-12H2,1H3/t13-/m1/s1. The molecule has 1 aliphatic rings. The third-order valence-corrected chi connectivity index (χ3v) is 5.64. The van der Waals surface area contributed by atoms with Gasteiger partial charge in [0, 0.05) is 12.3 Å². The Balaban J connectivity index is 1.77. The topological polar surface area (TPSA) is 70.7 Å². The van der Waals surface area contributed by atoms with Gasteiger partial charge in [-0.15, -0.1) is 10.2 Å². The van der Waals surface area contributed by atoms with Gasteiger partial charge >= 0.3 is 0 Å². The summed E-state index contributed by atoms with van der Waals surface area (Å²) in [6, 6.07) is 7.66. The van der Waals surface area contributed by atoms with Crippen LogP contribution in [0.1, 0.15) is 26.2 Å².